The summed E-state index contributed by atoms with van der Waals surface area (Å²) in [6.07, 6.45) is 0. The van der Waals surface area contributed by atoms with Crippen molar-refractivity contribution in [2.24, 2.45) is 0 Å². The number of nitrogen functional groups attached to an aromatic ring is 1. The van der Waals surface area contributed by atoms with E-state index in [0.717, 1.165) is 0 Å². The van der Waals surface area contributed by atoms with Crippen LogP contribution >= 0.6 is 11.6 Å². The Hall–Kier alpha value is -1.36. The van der Waals surface area contributed by atoms with E-state index >= 15 is 0 Å². The molecule has 0 aliphatic carbocycles. The molecule has 0 aromatic heterocycles. The van der Waals surface area contributed by atoms with Crippen molar-refractivity contribution in [1.82, 2.24) is 0 Å². The molecule has 3 N–H and O–H groups in total. The molecule has 0 saturated heterocycles. The van der Waals surface area contributed by atoms with Gasteiger partial charge in [0, 0.05) is 0 Å². The molecule has 0 bridgehead atoms. The van der Waals surface area contributed by atoms with Gasteiger partial charge in [0.05, 0.1) is 5.69 Å². The van der Waals surface area contributed by atoms with Crippen LogP contribution < -0.4 is 5.73 Å². The fraction of sp³-hybridized carbons (Fsp3) is 0. The van der Waals surface area contributed by atoms with Crippen LogP contribution in [-0.4, -0.2) is 11.1 Å². The van der Waals surface area contributed by atoms with Gasteiger partial charge in [0.2, 0.25) is 0 Å². The molecule has 1 aromatic carbocycles. The number of rotatable bonds is 1. The van der Waals surface area contributed by atoms with Gasteiger partial charge < -0.3 is 10.8 Å². The first-order chi connectivity index (χ1) is 5.95. The minimum absolute atomic E-state index is 0.494. The number of hydrogen-bond acceptors (Lipinski definition) is 2. The molecule has 70 valence electrons. The van der Waals surface area contributed by atoms with Crippen molar-refractivity contribution in [3.05, 3.63) is 28.3 Å². The molecule has 3 nitrogen and oxygen atoms in total. The van der Waals surface area contributed by atoms with E-state index in [1.165, 1.54) is 0 Å². The van der Waals surface area contributed by atoms with Crippen LogP contribution in [0.4, 0.5) is 14.5 Å². The van der Waals surface area contributed by atoms with E-state index in [0.29, 0.717) is 6.07 Å². The van der Waals surface area contributed by atoms with Crippen molar-refractivity contribution >= 4 is 23.3 Å². The van der Waals surface area contributed by atoms with E-state index in [2.05, 4.69) is 0 Å². The fourth-order valence-corrected chi connectivity index (χ4v) is 0.980. The number of halogens is 3. The lowest BCUT2D eigenvalue weighted by Gasteiger charge is -2.04. The highest BCUT2D eigenvalue weighted by atomic mass is 35.5. The standard InChI is InChI=1S/C7H4ClF2NO2/c8-5-2(9)1-3(11)4(6(5)10)7(12)13/h1H,11H2,(H,12,13). The van der Waals surface area contributed by atoms with Crippen molar-refractivity contribution < 1.29 is 18.7 Å². The van der Waals surface area contributed by atoms with Crippen LogP contribution in [0.15, 0.2) is 6.07 Å². The van der Waals surface area contributed by atoms with Gasteiger partial charge in [-0.15, -0.1) is 0 Å². The summed E-state index contributed by atoms with van der Waals surface area (Å²) in [7, 11) is 0. The van der Waals surface area contributed by atoms with Gasteiger partial charge in [-0.3, -0.25) is 0 Å². The second-order valence-corrected chi connectivity index (χ2v) is 2.63. The zero-order valence-corrected chi connectivity index (χ0v) is 6.90. The zero-order valence-electron chi connectivity index (χ0n) is 6.14. The number of carboxylic acid groups (broad SMARTS) is 1. The van der Waals surface area contributed by atoms with E-state index in [4.69, 9.17) is 22.4 Å². The third-order valence-corrected chi connectivity index (χ3v) is 1.75. The number of nitrogens with two attached hydrogens (primary N) is 1. The van der Waals surface area contributed by atoms with Gasteiger partial charge >= 0.3 is 5.97 Å². The van der Waals surface area contributed by atoms with Gasteiger partial charge in [-0.25, -0.2) is 13.6 Å². The van der Waals surface area contributed by atoms with E-state index < -0.39 is 33.9 Å². The van der Waals surface area contributed by atoms with Gasteiger partial charge in [-0.05, 0) is 6.07 Å². The Morgan fingerprint density at radius 2 is 2.08 bits per heavy atom. The topological polar surface area (TPSA) is 63.3 Å². The first-order valence-electron chi connectivity index (χ1n) is 3.11. The first kappa shape index (κ1) is 9.73. The van der Waals surface area contributed by atoms with Crippen LogP contribution in [0.5, 0.6) is 0 Å². The zero-order chi connectivity index (χ0) is 10.2. The highest BCUT2D eigenvalue weighted by molar-refractivity contribution is 6.31. The van der Waals surface area contributed by atoms with Crippen LogP contribution in [0.1, 0.15) is 10.4 Å². The molecule has 0 spiro atoms. The monoisotopic (exact) mass is 207 g/mol. The third-order valence-electron chi connectivity index (χ3n) is 1.41. The maximum atomic E-state index is 12.9. The average molecular weight is 208 g/mol. The van der Waals surface area contributed by atoms with Crippen LogP contribution in [0, 0.1) is 11.6 Å². The smallest absolute Gasteiger partial charge is 0.340 e. The third kappa shape index (κ3) is 1.55. The molecule has 13 heavy (non-hydrogen) atoms. The summed E-state index contributed by atoms with van der Waals surface area (Å²) in [4.78, 5) is 10.4. The number of anilines is 1. The molecule has 0 atom stereocenters. The average Bonchev–Trinajstić information content (AvgIpc) is 1.99. The molecule has 6 heteroatoms. The lowest BCUT2D eigenvalue weighted by Crippen LogP contribution is -2.07. The van der Waals surface area contributed by atoms with E-state index in [1.807, 2.05) is 0 Å². The number of carbonyl (C=O) groups is 1. The van der Waals surface area contributed by atoms with Gasteiger partial charge in [0.1, 0.15) is 16.4 Å². The summed E-state index contributed by atoms with van der Waals surface area (Å²) < 4.78 is 25.6. The molecule has 1 aromatic rings. The minimum atomic E-state index is -1.59. The maximum absolute atomic E-state index is 12.9. The van der Waals surface area contributed by atoms with Crippen LogP contribution in [0.2, 0.25) is 5.02 Å². The van der Waals surface area contributed by atoms with Gasteiger partial charge in [0.25, 0.3) is 0 Å². The SMILES string of the molecule is Nc1cc(F)c(Cl)c(F)c1C(=O)O. The summed E-state index contributed by atoms with van der Waals surface area (Å²) in [5, 5.41) is 7.59. The molecule has 0 aliphatic heterocycles. The normalized spacial score (nSPS) is 10.1. The second kappa shape index (κ2) is 3.18. The van der Waals surface area contributed by atoms with Crippen molar-refractivity contribution in [1.29, 1.82) is 0 Å². The molecule has 0 unspecified atom stereocenters. The van der Waals surface area contributed by atoms with E-state index in [9.17, 15) is 13.6 Å². The quantitative estimate of drug-likeness (QED) is 0.546. The Labute approximate surface area is 76.7 Å². The Kier molecular flexibility index (Phi) is 2.38. The fourth-order valence-electron chi connectivity index (χ4n) is 0.831. The molecule has 1 rings (SSSR count). The van der Waals surface area contributed by atoms with Crippen molar-refractivity contribution in [2.45, 2.75) is 0 Å². The summed E-state index contributed by atoms with van der Waals surface area (Å²) in [6, 6.07) is 0.662. The summed E-state index contributed by atoms with van der Waals surface area (Å²) >= 11 is 5.13. The van der Waals surface area contributed by atoms with E-state index in [1.54, 1.807) is 0 Å². The summed E-state index contributed by atoms with van der Waals surface area (Å²) in [5.41, 5.74) is 3.77. The number of carboxylic acids is 1. The van der Waals surface area contributed by atoms with Crippen molar-refractivity contribution in [3.63, 3.8) is 0 Å². The Balaban J connectivity index is 3.53. The first-order valence-corrected chi connectivity index (χ1v) is 3.49. The van der Waals surface area contributed by atoms with E-state index in [-0.39, 0.29) is 0 Å². The molecular weight excluding hydrogens is 204 g/mol. The molecule has 0 fully saturated rings. The predicted molar refractivity (Wildman–Crippen MR) is 42.7 cm³/mol. The minimum Gasteiger partial charge on any atom is -0.478 e. The molecule has 0 radical (unpaired) electrons. The second-order valence-electron chi connectivity index (χ2n) is 2.26. The molecule has 0 amide bonds. The summed E-state index contributed by atoms with van der Waals surface area (Å²) in [6.45, 7) is 0. The Morgan fingerprint density at radius 1 is 1.54 bits per heavy atom. The van der Waals surface area contributed by atoms with Crippen molar-refractivity contribution in [2.75, 3.05) is 5.73 Å². The van der Waals surface area contributed by atoms with Crippen LogP contribution in [-0.2, 0) is 0 Å². The highest BCUT2D eigenvalue weighted by Gasteiger charge is 2.20. The van der Waals surface area contributed by atoms with Crippen molar-refractivity contribution in [3.8, 4) is 0 Å². The van der Waals surface area contributed by atoms with Gasteiger partial charge in [-0.1, -0.05) is 11.6 Å². The molecule has 0 aliphatic rings. The number of benzene rings is 1. The molecule has 0 heterocycles. The maximum Gasteiger partial charge on any atom is 0.340 e. The van der Waals surface area contributed by atoms with Gasteiger partial charge in [0.15, 0.2) is 5.82 Å². The summed E-state index contributed by atoms with van der Waals surface area (Å²) in [5.74, 6) is -4.02. The van der Waals surface area contributed by atoms with Crippen LogP contribution in [0.3, 0.4) is 0 Å². The predicted octanol–water partition coefficient (Wildman–Crippen LogP) is 1.90. The van der Waals surface area contributed by atoms with Gasteiger partial charge in [-0.2, -0.15) is 0 Å². The Morgan fingerprint density at radius 3 is 2.54 bits per heavy atom. The highest BCUT2D eigenvalue weighted by Crippen LogP contribution is 2.26. The Bertz CT molecular complexity index is 381. The van der Waals surface area contributed by atoms with Crippen LogP contribution in [0.25, 0.3) is 0 Å². The number of hydrogen-bond donors (Lipinski definition) is 2. The largest absolute Gasteiger partial charge is 0.478 e. The molecular formula is C7H4ClF2NO2. The lowest BCUT2D eigenvalue weighted by atomic mass is 10.1. The lowest BCUT2D eigenvalue weighted by molar-refractivity contribution is 0.0693. The number of aromatic carboxylic acids is 1. The molecule has 0 saturated carbocycles.